The molecule has 0 amide bonds. The maximum absolute atomic E-state index is 14.3. The van der Waals surface area contributed by atoms with Gasteiger partial charge >= 0.3 is 11.5 Å². The molecule has 192 valence electrons. The molecule has 0 bridgehead atoms. The van der Waals surface area contributed by atoms with E-state index in [0.29, 0.717) is 6.54 Å². The second kappa shape index (κ2) is 9.92. The SMILES string of the molecule is CC1=CC(N2CCN(CCN3CCOCC3)CC2)=CCCN1c1ccc2c(c1)OC(F)(P)C2(F)F. The zero-order chi connectivity index (χ0) is 24.6. The topological polar surface area (TPSA) is 31.4 Å². The highest BCUT2D eigenvalue weighted by Crippen LogP contribution is 2.56. The predicted octanol–water partition coefficient (Wildman–Crippen LogP) is 3.62. The van der Waals surface area contributed by atoms with Crippen molar-refractivity contribution in [1.29, 1.82) is 0 Å². The van der Waals surface area contributed by atoms with Gasteiger partial charge in [-0.1, -0.05) is 6.08 Å². The second-order valence-corrected chi connectivity index (χ2v) is 10.4. The van der Waals surface area contributed by atoms with Gasteiger partial charge in [0.05, 0.1) is 18.8 Å². The van der Waals surface area contributed by atoms with Gasteiger partial charge in [0, 0.05) is 82.1 Å². The molecule has 10 heteroatoms. The molecule has 4 aliphatic heterocycles. The summed E-state index contributed by atoms with van der Waals surface area (Å²) >= 11 is 0. The fraction of sp³-hybridized carbons (Fsp3) is 0.600. The molecule has 2 fully saturated rings. The lowest BCUT2D eigenvalue weighted by Gasteiger charge is -2.38. The van der Waals surface area contributed by atoms with Crippen LogP contribution in [0.25, 0.3) is 0 Å². The van der Waals surface area contributed by atoms with Crippen molar-refractivity contribution in [3.63, 3.8) is 0 Å². The van der Waals surface area contributed by atoms with Gasteiger partial charge in [-0.15, -0.1) is 0 Å². The van der Waals surface area contributed by atoms with Gasteiger partial charge < -0.3 is 19.3 Å². The van der Waals surface area contributed by atoms with Crippen LogP contribution >= 0.6 is 9.24 Å². The van der Waals surface area contributed by atoms with E-state index >= 15 is 0 Å². The van der Waals surface area contributed by atoms with E-state index in [1.807, 2.05) is 6.92 Å². The summed E-state index contributed by atoms with van der Waals surface area (Å²) in [6, 6.07) is 4.42. The van der Waals surface area contributed by atoms with Crippen molar-refractivity contribution in [1.82, 2.24) is 14.7 Å². The molecule has 0 radical (unpaired) electrons. The van der Waals surface area contributed by atoms with E-state index < -0.39 is 17.1 Å². The third kappa shape index (κ3) is 5.06. The minimum Gasteiger partial charge on any atom is -0.449 e. The summed E-state index contributed by atoms with van der Waals surface area (Å²) in [5.41, 5.74) is -0.587. The lowest BCUT2D eigenvalue weighted by molar-refractivity contribution is -0.161. The first-order chi connectivity index (χ1) is 16.7. The van der Waals surface area contributed by atoms with Crippen LogP contribution in [0.4, 0.5) is 18.9 Å². The molecule has 4 aliphatic rings. The molecule has 0 aliphatic carbocycles. The van der Waals surface area contributed by atoms with E-state index in [1.165, 1.54) is 27.1 Å². The normalized spacial score (nSPS) is 27.7. The van der Waals surface area contributed by atoms with Crippen LogP contribution in [0, 0.1) is 0 Å². The van der Waals surface area contributed by atoms with Crippen LogP contribution in [0.3, 0.4) is 0 Å². The average molecular weight is 511 g/mol. The Balaban J connectivity index is 1.20. The standard InChI is InChI=1S/C25H34F3N4O2P/c1-19-17-20(31-11-9-29(10-12-31)7-8-30-13-15-33-16-14-30)3-2-6-32(19)21-4-5-22-23(18-21)34-25(28,35)24(22,26)27/h3-5,17-18H,2,6-16,35H2,1H3. The Morgan fingerprint density at radius 1 is 0.943 bits per heavy atom. The molecule has 0 N–H and O–H groups in total. The van der Waals surface area contributed by atoms with Gasteiger partial charge in [-0.05, 0) is 40.8 Å². The van der Waals surface area contributed by atoms with Crippen LogP contribution in [-0.2, 0) is 10.7 Å². The van der Waals surface area contributed by atoms with Crippen molar-refractivity contribution in [3.8, 4) is 5.75 Å². The first-order valence-electron chi connectivity index (χ1n) is 12.4. The highest BCUT2D eigenvalue weighted by atomic mass is 31.0. The molecule has 2 saturated heterocycles. The molecule has 0 saturated carbocycles. The number of rotatable bonds is 5. The third-order valence-corrected chi connectivity index (χ3v) is 7.84. The maximum Gasteiger partial charge on any atom is 0.348 e. The Kier molecular flexibility index (Phi) is 7.05. The molecule has 0 aromatic heterocycles. The molecule has 0 spiro atoms. The number of anilines is 1. The second-order valence-electron chi connectivity index (χ2n) is 9.64. The highest BCUT2D eigenvalue weighted by molar-refractivity contribution is 7.18. The van der Waals surface area contributed by atoms with Crippen LogP contribution in [0.1, 0.15) is 18.9 Å². The number of halogens is 3. The predicted molar refractivity (Wildman–Crippen MR) is 134 cm³/mol. The summed E-state index contributed by atoms with van der Waals surface area (Å²) in [6.45, 7) is 12.7. The molecule has 2 atom stereocenters. The fourth-order valence-corrected chi connectivity index (χ4v) is 5.47. The van der Waals surface area contributed by atoms with E-state index in [1.54, 1.807) is 6.07 Å². The summed E-state index contributed by atoms with van der Waals surface area (Å²) in [4.78, 5) is 9.51. The summed E-state index contributed by atoms with van der Waals surface area (Å²) in [5, 5.41) is 0. The largest absolute Gasteiger partial charge is 0.449 e. The molecule has 4 heterocycles. The number of benzene rings is 1. The lowest BCUT2D eigenvalue weighted by Crippen LogP contribution is -2.48. The molecule has 1 aromatic carbocycles. The molecular formula is C25H34F3N4O2P. The third-order valence-electron chi connectivity index (χ3n) is 7.36. The molecular weight excluding hydrogens is 476 g/mol. The highest BCUT2D eigenvalue weighted by Gasteiger charge is 2.61. The minimum atomic E-state index is -3.70. The number of morpholine rings is 1. The number of piperazine rings is 1. The molecule has 1 aromatic rings. The van der Waals surface area contributed by atoms with Gasteiger partial charge in [0.2, 0.25) is 0 Å². The number of hydrogen-bond donors (Lipinski definition) is 0. The maximum atomic E-state index is 14.3. The number of allylic oxidation sites excluding steroid dienone is 2. The Bertz CT molecular complexity index is 989. The van der Waals surface area contributed by atoms with Crippen molar-refractivity contribution < 1.29 is 22.6 Å². The monoisotopic (exact) mass is 510 g/mol. The quantitative estimate of drug-likeness (QED) is 0.563. The number of alkyl halides is 3. The van der Waals surface area contributed by atoms with Crippen molar-refractivity contribution in [3.05, 3.63) is 47.3 Å². The average Bonchev–Trinajstić information content (AvgIpc) is 2.96. The number of hydrogen-bond acceptors (Lipinski definition) is 6. The Hall–Kier alpha value is -1.80. The number of ether oxygens (including phenoxy) is 2. The van der Waals surface area contributed by atoms with Crippen LogP contribution in [0.5, 0.6) is 5.75 Å². The number of fused-ring (bicyclic) bond motifs is 1. The summed E-state index contributed by atoms with van der Waals surface area (Å²) in [7, 11) is 1.49. The van der Waals surface area contributed by atoms with Crippen LogP contribution in [0.2, 0.25) is 0 Å². The Morgan fingerprint density at radius 3 is 2.34 bits per heavy atom. The van der Waals surface area contributed by atoms with Crippen molar-refractivity contribution in [2.75, 3.05) is 77.0 Å². The molecule has 2 unspecified atom stereocenters. The van der Waals surface area contributed by atoms with Crippen LogP contribution in [-0.4, -0.2) is 92.4 Å². The van der Waals surface area contributed by atoms with E-state index in [4.69, 9.17) is 9.47 Å². The first-order valence-corrected chi connectivity index (χ1v) is 12.9. The minimum absolute atomic E-state index is 0.108. The van der Waals surface area contributed by atoms with Gasteiger partial charge in [-0.3, -0.25) is 9.80 Å². The van der Waals surface area contributed by atoms with E-state index in [-0.39, 0.29) is 5.75 Å². The zero-order valence-corrected chi connectivity index (χ0v) is 21.3. The lowest BCUT2D eigenvalue weighted by atomic mass is 10.1. The molecule has 6 nitrogen and oxygen atoms in total. The fourth-order valence-electron chi connectivity index (χ4n) is 5.19. The van der Waals surface area contributed by atoms with Gasteiger partial charge in [0.25, 0.3) is 0 Å². The zero-order valence-electron chi connectivity index (χ0n) is 20.2. The van der Waals surface area contributed by atoms with E-state index in [2.05, 4.69) is 31.8 Å². The summed E-state index contributed by atoms with van der Waals surface area (Å²) in [5.74, 6) is -3.81. The Morgan fingerprint density at radius 2 is 1.63 bits per heavy atom. The Labute approximate surface area is 207 Å². The van der Waals surface area contributed by atoms with Crippen molar-refractivity contribution in [2.24, 2.45) is 0 Å². The smallest absolute Gasteiger partial charge is 0.348 e. The number of nitrogens with zero attached hydrogens (tertiary/aromatic N) is 4. The van der Waals surface area contributed by atoms with Crippen molar-refractivity contribution in [2.45, 2.75) is 24.9 Å². The summed E-state index contributed by atoms with van der Waals surface area (Å²) in [6.07, 6.45) is 5.24. The molecule has 35 heavy (non-hydrogen) atoms. The first kappa shape index (κ1) is 24.9. The van der Waals surface area contributed by atoms with Crippen LogP contribution in [0.15, 0.2) is 41.7 Å². The van der Waals surface area contributed by atoms with E-state index in [9.17, 15) is 13.2 Å². The molecule has 5 rings (SSSR count). The van der Waals surface area contributed by atoms with Crippen molar-refractivity contribution >= 4 is 14.9 Å². The summed E-state index contributed by atoms with van der Waals surface area (Å²) < 4.78 is 53.2. The van der Waals surface area contributed by atoms with Gasteiger partial charge in [-0.2, -0.15) is 13.2 Å². The van der Waals surface area contributed by atoms with Gasteiger partial charge in [0.15, 0.2) is 0 Å². The van der Waals surface area contributed by atoms with E-state index in [0.717, 1.165) is 83.4 Å². The van der Waals surface area contributed by atoms with Gasteiger partial charge in [-0.25, -0.2) is 0 Å². The van der Waals surface area contributed by atoms with Gasteiger partial charge in [0.1, 0.15) is 5.75 Å². The van der Waals surface area contributed by atoms with Crippen LogP contribution < -0.4 is 9.64 Å².